The van der Waals surface area contributed by atoms with Crippen LogP contribution in [0.3, 0.4) is 0 Å². The molecule has 0 fully saturated rings. The largest absolute Gasteiger partial charge is 0.759 e. The number of hydrogen-bond donors (Lipinski definition) is 0. The van der Waals surface area contributed by atoms with Crippen LogP contribution in [0.1, 0.15) is 0 Å². The van der Waals surface area contributed by atoms with Gasteiger partial charge in [-0.3, -0.25) is 8.42 Å². The Hall–Kier alpha value is -0.530. The fraction of sp³-hybridized carbons (Fsp3) is 0. The zero-order valence-corrected chi connectivity index (χ0v) is 3.67. The van der Waals surface area contributed by atoms with E-state index in [1.54, 1.807) is 0 Å². The predicted octanol–water partition coefficient (Wildman–Crippen LogP) is -1.27. The van der Waals surface area contributed by atoms with Gasteiger partial charge in [0, 0.05) is 20.3 Å². The lowest BCUT2D eigenvalue weighted by molar-refractivity contribution is 0.352. The van der Waals surface area contributed by atoms with Crippen LogP contribution in [0.5, 0.6) is 0 Å². The normalized spacial score (nSPS) is 8.86. The third kappa shape index (κ3) is 234. The zero-order chi connectivity index (χ0) is 6.50. The molecule has 7 heteroatoms. The molecule has 44 valence electrons. The highest BCUT2D eigenvalue weighted by atomic mass is 32.3. The summed E-state index contributed by atoms with van der Waals surface area (Å²) < 4.78 is 34.1. The second-order valence-corrected chi connectivity index (χ2v) is 1.22. The third-order valence-electron chi connectivity index (χ3n) is 0. The van der Waals surface area contributed by atoms with Gasteiger partial charge in [-0.25, -0.2) is 0 Å². The number of rotatable bonds is 0. The first-order chi connectivity index (χ1) is 3.00. The SMILES string of the molecule is O=O.O=S(=O)([O-])[O-]. The van der Waals surface area contributed by atoms with Crippen LogP contribution in [-0.2, 0) is 10.4 Å². The van der Waals surface area contributed by atoms with Crippen molar-refractivity contribution in [3.05, 3.63) is 9.93 Å². The third-order valence-corrected chi connectivity index (χ3v) is 0. The van der Waals surface area contributed by atoms with Crippen LogP contribution in [0, 0.1) is 9.93 Å². The van der Waals surface area contributed by atoms with Crippen molar-refractivity contribution in [2.24, 2.45) is 0 Å². The van der Waals surface area contributed by atoms with Crippen LogP contribution in [0.25, 0.3) is 0 Å². The molecule has 0 aliphatic heterocycles. The zero-order valence-electron chi connectivity index (χ0n) is 2.86. The first-order valence-electron chi connectivity index (χ1n) is 0.833. The lowest BCUT2D eigenvalue weighted by Gasteiger charge is -2.06. The molecule has 7 heavy (non-hydrogen) atoms. The molecule has 6 nitrogen and oxygen atoms in total. The van der Waals surface area contributed by atoms with Gasteiger partial charge in [0.25, 0.3) is 0 Å². The van der Waals surface area contributed by atoms with E-state index in [0.717, 1.165) is 0 Å². The van der Waals surface area contributed by atoms with Gasteiger partial charge in [0.15, 0.2) is 0 Å². The van der Waals surface area contributed by atoms with Gasteiger partial charge in [0.2, 0.25) is 0 Å². The van der Waals surface area contributed by atoms with E-state index in [1.807, 2.05) is 0 Å². The van der Waals surface area contributed by atoms with E-state index >= 15 is 0 Å². The van der Waals surface area contributed by atoms with Gasteiger partial charge in [0.1, 0.15) is 0 Å². The van der Waals surface area contributed by atoms with Crippen LogP contribution in [0.15, 0.2) is 0 Å². The molecule has 0 aromatic carbocycles. The highest BCUT2D eigenvalue weighted by Gasteiger charge is 1.49. The van der Waals surface area contributed by atoms with Crippen LogP contribution >= 0.6 is 0 Å². The first-order valence-corrected chi connectivity index (χ1v) is 2.17. The summed E-state index contributed by atoms with van der Waals surface area (Å²) in [5.74, 6) is 0. The van der Waals surface area contributed by atoms with Gasteiger partial charge in [-0.1, -0.05) is 0 Å². The molecule has 0 bridgehead atoms. The van der Waals surface area contributed by atoms with Crippen molar-refractivity contribution in [1.82, 2.24) is 0 Å². The molecule has 0 rings (SSSR count). The molecule has 0 atom stereocenters. The highest BCUT2D eigenvalue weighted by Crippen LogP contribution is 1.57. The van der Waals surface area contributed by atoms with Crippen molar-refractivity contribution in [2.45, 2.75) is 0 Å². The summed E-state index contributed by atoms with van der Waals surface area (Å²) in [6.45, 7) is 0. The average molecular weight is 128 g/mol. The quantitative estimate of drug-likeness (QED) is 0.296. The van der Waals surface area contributed by atoms with Gasteiger partial charge in [-0.05, 0) is 0 Å². The Morgan fingerprint density at radius 2 is 1.00 bits per heavy atom. The van der Waals surface area contributed by atoms with Crippen molar-refractivity contribution in [3.63, 3.8) is 0 Å². The Bertz CT molecular complexity index is 98.1. The maximum absolute atomic E-state index is 8.52. The lowest BCUT2D eigenvalue weighted by atomic mass is 15.3. The molecule has 0 aromatic rings. The van der Waals surface area contributed by atoms with Gasteiger partial charge in [-0.15, -0.1) is 0 Å². The molecule has 0 saturated carbocycles. The molecule has 0 spiro atoms. The molecule has 0 unspecified atom stereocenters. The summed E-state index contributed by atoms with van der Waals surface area (Å²) >= 11 is 0. The van der Waals surface area contributed by atoms with Gasteiger partial charge < -0.3 is 9.11 Å². The second kappa shape index (κ2) is 3.65. The van der Waals surface area contributed by atoms with Crippen LogP contribution in [0.4, 0.5) is 0 Å². The van der Waals surface area contributed by atoms with Crippen molar-refractivity contribution in [3.8, 4) is 0 Å². The van der Waals surface area contributed by atoms with E-state index in [9.17, 15) is 0 Å². The summed E-state index contributed by atoms with van der Waals surface area (Å²) in [5, 5.41) is 0. The molecule has 0 aromatic heterocycles. The van der Waals surface area contributed by atoms with Crippen LogP contribution < -0.4 is 0 Å². The Labute approximate surface area is 38.9 Å². The van der Waals surface area contributed by atoms with Crippen molar-refractivity contribution < 1.29 is 17.5 Å². The maximum atomic E-state index is 8.52. The van der Waals surface area contributed by atoms with E-state index < -0.39 is 10.4 Å². The molecule has 0 aliphatic carbocycles. The fourth-order valence-electron chi connectivity index (χ4n) is 0. The van der Waals surface area contributed by atoms with Crippen molar-refractivity contribution in [1.29, 1.82) is 0 Å². The molecule has 0 amide bonds. The van der Waals surface area contributed by atoms with Gasteiger partial charge >= 0.3 is 0 Å². The summed E-state index contributed by atoms with van der Waals surface area (Å²) in [7, 11) is -5.17. The van der Waals surface area contributed by atoms with Gasteiger partial charge in [-0.2, -0.15) is 0 Å². The minimum absolute atomic E-state index is 5.17. The summed E-state index contributed by atoms with van der Waals surface area (Å²) in [6.07, 6.45) is 0. The Morgan fingerprint density at radius 3 is 1.00 bits per heavy atom. The van der Waals surface area contributed by atoms with E-state index in [1.165, 1.54) is 0 Å². The molecule has 0 aliphatic rings. The molecule has 0 N–H and O–H groups in total. The van der Waals surface area contributed by atoms with E-state index in [-0.39, 0.29) is 0 Å². The standard InChI is InChI=1S/H2O4S.O2/c1-5(2,3)4;1-2/h(H2,1,2,3,4);/p-2. The smallest absolute Gasteiger partial charge is 0.0311 e. The topological polar surface area (TPSA) is 114 Å². The van der Waals surface area contributed by atoms with Gasteiger partial charge in [0.05, 0.1) is 0 Å². The summed E-state index contributed by atoms with van der Waals surface area (Å²) in [5.41, 5.74) is 0. The minimum Gasteiger partial charge on any atom is -0.759 e. The monoisotopic (exact) mass is 128 g/mol. The Morgan fingerprint density at radius 1 is 1.00 bits per heavy atom. The molecular formula is O6S-2. The van der Waals surface area contributed by atoms with E-state index in [2.05, 4.69) is 0 Å². The summed E-state index contributed by atoms with van der Waals surface area (Å²) in [6, 6.07) is 0. The highest BCUT2D eigenvalue weighted by molar-refractivity contribution is 7.79. The minimum atomic E-state index is -5.17. The van der Waals surface area contributed by atoms with Crippen LogP contribution in [0.2, 0.25) is 0 Å². The Balaban J connectivity index is 0. The van der Waals surface area contributed by atoms with Crippen molar-refractivity contribution in [2.75, 3.05) is 0 Å². The molecule has 0 radical (unpaired) electrons. The van der Waals surface area contributed by atoms with E-state index in [0.29, 0.717) is 0 Å². The second-order valence-electron chi connectivity index (χ2n) is 0.408. The van der Waals surface area contributed by atoms with Crippen molar-refractivity contribution >= 4 is 10.4 Å². The molecule has 0 heterocycles. The lowest BCUT2D eigenvalue weighted by Crippen LogP contribution is -1.91. The molecular weight excluding hydrogens is 128 g/mol. The van der Waals surface area contributed by atoms with Crippen LogP contribution in [-0.4, -0.2) is 17.5 Å². The fourth-order valence-corrected chi connectivity index (χ4v) is 0. The summed E-state index contributed by atoms with van der Waals surface area (Å²) in [4.78, 5) is 14.0. The predicted molar refractivity (Wildman–Crippen MR) is 17.2 cm³/mol. The van der Waals surface area contributed by atoms with E-state index in [4.69, 9.17) is 27.5 Å². The maximum Gasteiger partial charge on any atom is 0.0311 e. The number of hydrogen-bond acceptors (Lipinski definition) is 6. The average Bonchev–Trinajstić information content (AvgIpc) is 1.36. The molecule has 0 saturated heterocycles. The Kier molecular flexibility index (Phi) is 5.06. The first kappa shape index (κ1) is 9.69.